The summed E-state index contributed by atoms with van der Waals surface area (Å²) in [5.74, 6) is -1.69. The zero-order valence-corrected chi connectivity index (χ0v) is 14.0. The number of fused-ring (bicyclic) bond motifs is 1. The quantitative estimate of drug-likeness (QED) is 0.525. The van der Waals surface area contributed by atoms with Crippen LogP contribution in [0.25, 0.3) is 11.0 Å². The standard InChI is InChI=1S/C19H14O7/c1-11(20)24-16-14-9-8-13(23-2)10-15(14)25-19(22)17(16)26-18(21)12-6-4-3-5-7-12/h3-10H,1-2H3. The van der Waals surface area contributed by atoms with E-state index < -0.39 is 23.3 Å². The van der Waals surface area contributed by atoms with Gasteiger partial charge >= 0.3 is 17.6 Å². The molecule has 2 aromatic carbocycles. The molecule has 0 unspecified atom stereocenters. The number of ether oxygens (including phenoxy) is 3. The Morgan fingerprint density at radius 2 is 1.69 bits per heavy atom. The fraction of sp³-hybridized carbons (Fsp3) is 0.105. The van der Waals surface area contributed by atoms with Crippen molar-refractivity contribution in [3.8, 4) is 17.2 Å². The Hall–Kier alpha value is -3.61. The van der Waals surface area contributed by atoms with Crippen LogP contribution < -0.4 is 19.8 Å². The molecule has 0 atom stereocenters. The smallest absolute Gasteiger partial charge is 0.383 e. The van der Waals surface area contributed by atoms with Crippen LogP contribution in [0.4, 0.5) is 0 Å². The maximum atomic E-state index is 12.3. The van der Waals surface area contributed by atoms with E-state index in [9.17, 15) is 14.4 Å². The summed E-state index contributed by atoms with van der Waals surface area (Å²) in [7, 11) is 1.46. The highest BCUT2D eigenvalue weighted by atomic mass is 16.6. The highest BCUT2D eigenvalue weighted by molar-refractivity contribution is 5.94. The lowest BCUT2D eigenvalue weighted by Crippen LogP contribution is -2.17. The number of esters is 2. The van der Waals surface area contributed by atoms with Crippen molar-refractivity contribution in [2.45, 2.75) is 6.92 Å². The number of carbonyl (C=O) groups is 2. The summed E-state index contributed by atoms with van der Waals surface area (Å²) in [4.78, 5) is 36.1. The summed E-state index contributed by atoms with van der Waals surface area (Å²) >= 11 is 0. The molecular weight excluding hydrogens is 340 g/mol. The monoisotopic (exact) mass is 354 g/mol. The molecule has 0 N–H and O–H groups in total. The van der Waals surface area contributed by atoms with Gasteiger partial charge in [-0.15, -0.1) is 0 Å². The van der Waals surface area contributed by atoms with Crippen LogP contribution >= 0.6 is 0 Å². The third-order valence-corrected chi connectivity index (χ3v) is 3.48. The van der Waals surface area contributed by atoms with Crippen LogP contribution in [-0.4, -0.2) is 19.0 Å². The molecule has 0 bridgehead atoms. The van der Waals surface area contributed by atoms with E-state index in [1.807, 2.05) is 0 Å². The fourth-order valence-electron chi connectivity index (χ4n) is 2.32. The van der Waals surface area contributed by atoms with E-state index in [1.165, 1.54) is 38.3 Å². The zero-order valence-electron chi connectivity index (χ0n) is 14.0. The average Bonchev–Trinajstić information content (AvgIpc) is 2.64. The van der Waals surface area contributed by atoms with Gasteiger partial charge in [0.25, 0.3) is 5.75 Å². The second kappa shape index (κ2) is 7.10. The molecule has 0 amide bonds. The SMILES string of the molecule is COc1ccc2c(OC(C)=O)c(OC(=O)c3ccccc3)c(=O)oc2c1. The third-order valence-electron chi connectivity index (χ3n) is 3.48. The van der Waals surface area contributed by atoms with E-state index in [0.29, 0.717) is 5.75 Å². The van der Waals surface area contributed by atoms with Gasteiger partial charge in [0.2, 0.25) is 0 Å². The van der Waals surface area contributed by atoms with Gasteiger partial charge in [-0.3, -0.25) is 4.79 Å². The minimum atomic E-state index is -0.953. The first-order valence-electron chi connectivity index (χ1n) is 7.60. The highest BCUT2D eigenvalue weighted by Crippen LogP contribution is 2.35. The minimum Gasteiger partial charge on any atom is -0.497 e. The maximum Gasteiger partial charge on any atom is 0.383 e. The number of hydrogen-bond donors (Lipinski definition) is 0. The molecule has 0 aliphatic carbocycles. The molecule has 0 radical (unpaired) electrons. The summed E-state index contributed by atoms with van der Waals surface area (Å²) in [6.45, 7) is 1.17. The predicted molar refractivity (Wildman–Crippen MR) is 91.7 cm³/mol. The minimum absolute atomic E-state index is 0.130. The van der Waals surface area contributed by atoms with Gasteiger partial charge in [0, 0.05) is 13.0 Å². The molecule has 3 aromatic rings. The van der Waals surface area contributed by atoms with E-state index in [1.54, 1.807) is 24.3 Å². The van der Waals surface area contributed by atoms with Gasteiger partial charge in [0.15, 0.2) is 5.75 Å². The number of rotatable bonds is 4. The van der Waals surface area contributed by atoms with Crippen LogP contribution in [0.15, 0.2) is 57.7 Å². The lowest BCUT2D eigenvalue weighted by atomic mass is 10.2. The van der Waals surface area contributed by atoms with Crippen molar-refractivity contribution in [1.82, 2.24) is 0 Å². The van der Waals surface area contributed by atoms with Crippen LogP contribution in [-0.2, 0) is 4.79 Å². The van der Waals surface area contributed by atoms with Crippen molar-refractivity contribution in [3.05, 3.63) is 64.5 Å². The zero-order chi connectivity index (χ0) is 18.7. The van der Waals surface area contributed by atoms with Crippen molar-refractivity contribution < 1.29 is 28.2 Å². The van der Waals surface area contributed by atoms with Crippen LogP contribution in [0.3, 0.4) is 0 Å². The van der Waals surface area contributed by atoms with Gasteiger partial charge in [0.1, 0.15) is 11.3 Å². The van der Waals surface area contributed by atoms with E-state index in [4.69, 9.17) is 18.6 Å². The van der Waals surface area contributed by atoms with Crippen LogP contribution in [0, 0.1) is 0 Å². The third kappa shape index (κ3) is 3.41. The predicted octanol–water partition coefficient (Wildman–Crippen LogP) is 2.95. The van der Waals surface area contributed by atoms with Crippen LogP contribution in [0.2, 0.25) is 0 Å². The summed E-state index contributed by atoms with van der Waals surface area (Å²) < 4.78 is 20.6. The molecular formula is C19H14O7. The highest BCUT2D eigenvalue weighted by Gasteiger charge is 2.23. The summed E-state index contributed by atoms with van der Waals surface area (Å²) in [5, 5.41) is 0.288. The van der Waals surface area contributed by atoms with E-state index in [0.717, 1.165) is 0 Å². The molecule has 1 aromatic heterocycles. The fourth-order valence-corrected chi connectivity index (χ4v) is 2.32. The molecule has 0 saturated heterocycles. The molecule has 0 saturated carbocycles. The van der Waals surface area contributed by atoms with E-state index in [-0.39, 0.29) is 22.3 Å². The van der Waals surface area contributed by atoms with Crippen molar-refractivity contribution in [3.63, 3.8) is 0 Å². The Bertz CT molecular complexity index is 1030. The molecule has 0 aliphatic rings. The first-order valence-corrected chi connectivity index (χ1v) is 7.60. The normalized spacial score (nSPS) is 10.4. The van der Waals surface area contributed by atoms with Crippen molar-refractivity contribution in [1.29, 1.82) is 0 Å². The Kier molecular flexibility index (Phi) is 4.70. The first-order chi connectivity index (χ1) is 12.5. The second-order valence-corrected chi connectivity index (χ2v) is 5.26. The molecule has 0 fully saturated rings. The van der Waals surface area contributed by atoms with Crippen LogP contribution in [0.1, 0.15) is 17.3 Å². The number of methoxy groups -OCH3 is 1. The van der Waals surface area contributed by atoms with Gasteiger partial charge in [0.05, 0.1) is 18.1 Å². The molecule has 7 nitrogen and oxygen atoms in total. The number of hydrogen-bond acceptors (Lipinski definition) is 7. The van der Waals surface area contributed by atoms with Gasteiger partial charge in [-0.25, -0.2) is 9.59 Å². The molecule has 26 heavy (non-hydrogen) atoms. The Labute approximate surface area is 147 Å². The lowest BCUT2D eigenvalue weighted by molar-refractivity contribution is -0.131. The van der Waals surface area contributed by atoms with Gasteiger partial charge < -0.3 is 18.6 Å². The summed E-state index contributed by atoms with van der Waals surface area (Å²) in [6, 6.07) is 12.7. The largest absolute Gasteiger partial charge is 0.497 e. The van der Waals surface area contributed by atoms with Gasteiger partial charge in [-0.1, -0.05) is 18.2 Å². The molecule has 132 valence electrons. The van der Waals surface area contributed by atoms with Crippen molar-refractivity contribution in [2.24, 2.45) is 0 Å². The topological polar surface area (TPSA) is 92.0 Å². The molecule has 0 aliphatic heterocycles. The Balaban J connectivity index is 2.14. The second-order valence-electron chi connectivity index (χ2n) is 5.26. The van der Waals surface area contributed by atoms with Gasteiger partial charge in [-0.05, 0) is 24.3 Å². The van der Waals surface area contributed by atoms with E-state index >= 15 is 0 Å². The Morgan fingerprint density at radius 1 is 0.962 bits per heavy atom. The Morgan fingerprint density at radius 3 is 2.35 bits per heavy atom. The van der Waals surface area contributed by atoms with Crippen molar-refractivity contribution >= 4 is 22.9 Å². The first kappa shape index (κ1) is 17.2. The lowest BCUT2D eigenvalue weighted by Gasteiger charge is -2.11. The molecule has 1 heterocycles. The molecule has 7 heteroatoms. The van der Waals surface area contributed by atoms with Crippen LogP contribution in [0.5, 0.6) is 17.2 Å². The molecule has 0 spiro atoms. The number of carbonyl (C=O) groups excluding carboxylic acids is 2. The molecule has 3 rings (SSSR count). The average molecular weight is 354 g/mol. The van der Waals surface area contributed by atoms with E-state index in [2.05, 4.69) is 0 Å². The summed E-state index contributed by atoms with van der Waals surface area (Å²) in [6.07, 6.45) is 0. The van der Waals surface area contributed by atoms with Gasteiger partial charge in [-0.2, -0.15) is 0 Å². The summed E-state index contributed by atoms with van der Waals surface area (Å²) in [5.41, 5.74) is -0.591. The van der Waals surface area contributed by atoms with Crippen molar-refractivity contribution in [2.75, 3.05) is 7.11 Å². The number of benzene rings is 2. The maximum absolute atomic E-state index is 12.3.